The number of amides is 1. The zero-order chi connectivity index (χ0) is 19.7. The number of benzene rings is 1. The molecule has 4 rings (SSSR count). The summed E-state index contributed by atoms with van der Waals surface area (Å²) >= 11 is 7.19. The van der Waals surface area contributed by atoms with E-state index < -0.39 is 17.3 Å². The average Bonchev–Trinajstić information content (AvgIpc) is 2.69. The number of aliphatic imine (C=N–C) groups is 1. The maximum absolute atomic E-state index is 14.8. The van der Waals surface area contributed by atoms with Crippen molar-refractivity contribution < 1.29 is 13.9 Å². The molecule has 2 aliphatic heterocycles. The van der Waals surface area contributed by atoms with Crippen molar-refractivity contribution in [1.82, 2.24) is 9.97 Å². The van der Waals surface area contributed by atoms with E-state index in [1.54, 1.807) is 6.07 Å². The Bertz CT molecular complexity index is 946. The summed E-state index contributed by atoms with van der Waals surface area (Å²) in [6, 6.07) is 4.42. The fraction of sp³-hybridized carbons (Fsp3) is 0.333. The van der Waals surface area contributed by atoms with Crippen LogP contribution >= 0.6 is 35.8 Å². The van der Waals surface area contributed by atoms with Crippen molar-refractivity contribution in [3.05, 3.63) is 52.8 Å². The quantitative estimate of drug-likeness (QED) is 0.732. The molecule has 1 aromatic heterocycles. The van der Waals surface area contributed by atoms with Gasteiger partial charge in [-0.3, -0.25) is 9.79 Å². The molecule has 1 unspecified atom stereocenters. The lowest BCUT2D eigenvalue weighted by Crippen LogP contribution is -2.47. The first-order valence-electron chi connectivity index (χ1n) is 8.63. The summed E-state index contributed by atoms with van der Waals surface area (Å²) in [5, 5.41) is 3.46. The lowest BCUT2D eigenvalue weighted by atomic mass is 9.75. The molecule has 154 valence electrons. The van der Waals surface area contributed by atoms with Crippen LogP contribution in [0.5, 0.6) is 0 Å². The predicted octanol–water partition coefficient (Wildman–Crippen LogP) is 3.24. The third-order valence-corrected chi connectivity index (χ3v) is 6.03. The SMILES string of the molecule is Cl.NC1=N[C@@]2(c3cc(NC(=O)c4ncc(Cl)cn4)ccc3F)CCOCC2CS1. The Labute approximate surface area is 182 Å². The number of thioether (sulfide) groups is 1. The van der Waals surface area contributed by atoms with Gasteiger partial charge >= 0.3 is 0 Å². The first-order valence-corrected chi connectivity index (χ1v) is 9.99. The molecule has 2 atom stereocenters. The Hall–Kier alpha value is -1.94. The number of hydrogen-bond acceptors (Lipinski definition) is 7. The molecular weight excluding hydrogens is 440 g/mol. The highest BCUT2D eigenvalue weighted by atomic mass is 35.5. The van der Waals surface area contributed by atoms with Crippen molar-refractivity contribution in [1.29, 1.82) is 0 Å². The number of ether oxygens (including phenoxy) is 1. The summed E-state index contributed by atoms with van der Waals surface area (Å²) in [7, 11) is 0. The Balaban J connectivity index is 0.00000240. The molecule has 1 amide bonds. The van der Waals surface area contributed by atoms with Gasteiger partial charge < -0.3 is 15.8 Å². The van der Waals surface area contributed by atoms with Gasteiger partial charge in [0, 0.05) is 48.3 Å². The first kappa shape index (κ1) is 21.8. The zero-order valence-corrected chi connectivity index (χ0v) is 17.5. The van der Waals surface area contributed by atoms with Gasteiger partial charge in [0.05, 0.1) is 17.2 Å². The molecule has 29 heavy (non-hydrogen) atoms. The molecule has 3 heterocycles. The van der Waals surface area contributed by atoms with Gasteiger partial charge in [-0.05, 0) is 18.2 Å². The molecule has 0 aliphatic carbocycles. The maximum Gasteiger partial charge on any atom is 0.293 e. The van der Waals surface area contributed by atoms with Crippen LogP contribution in [-0.2, 0) is 10.3 Å². The van der Waals surface area contributed by atoms with E-state index >= 15 is 0 Å². The standard InChI is InChI=1S/C18H17ClFN5O2S.ClH/c19-11-6-22-15(23-7-11)16(26)24-12-1-2-14(20)13(5-12)18-3-4-27-8-10(18)9-28-17(21)25-18;/h1-2,5-7,10H,3-4,8-9H2,(H2,21,25)(H,24,26);1H/t10?,18-;/m0./s1. The van der Waals surface area contributed by atoms with Crippen LogP contribution in [-0.4, -0.2) is 40.0 Å². The van der Waals surface area contributed by atoms with Crippen molar-refractivity contribution >= 4 is 52.5 Å². The van der Waals surface area contributed by atoms with Crippen molar-refractivity contribution in [3.63, 3.8) is 0 Å². The maximum atomic E-state index is 14.8. The average molecular weight is 458 g/mol. The van der Waals surface area contributed by atoms with Crippen LogP contribution < -0.4 is 11.1 Å². The largest absolute Gasteiger partial charge is 0.381 e. The van der Waals surface area contributed by atoms with E-state index in [0.29, 0.717) is 46.8 Å². The van der Waals surface area contributed by atoms with Crippen LogP contribution in [0, 0.1) is 11.7 Å². The number of amidine groups is 1. The second-order valence-electron chi connectivity index (χ2n) is 6.58. The van der Waals surface area contributed by atoms with Gasteiger partial charge in [0.1, 0.15) is 5.82 Å². The van der Waals surface area contributed by atoms with Gasteiger partial charge in [0.25, 0.3) is 5.91 Å². The number of aromatic nitrogens is 2. The summed E-state index contributed by atoms with van der Waals surface area (Å²) < 4.78 is 20.4. The molecule has 0 spiro atoms. The molecule has 1 aromatic carbocycles. The molecule has 7 nitrogen and oxygen atoms in total. The number of rotatable bonds is 3. The molecule has 1 saturated heterocycles. The van der Waals surface area contributed by atoms with E-state index in [9.17, 15) is 9.18 Å². The lowest BCUT2D eigenvalue weighted by Gasteiger charge is -2.44. The van der Waals surface area contributed by atoms with E-state index in [1.807, 2.05) is 0 Å². The van der Waals surface area contributed by atoms with Crippen LogP contribution in [0.4, 0.5) is 10.1 Å². The van der Waals surface area contributed by atoms with Crippen molar-refractivity contribution in [3.8, 4) is 0 Å². The first-order chi connectivity index (χ1) is 13.5. The van der Waals surface area contributed by atoms with Crippen molar-refractivity contribution in [2.45, 2.75) is 12.0 Å². The van der Waals surface area contributed by atoms with Crippen LogP contribution in [0.2, 0.25) is 5.02 Å². The van der Waals surface area contributed by atoms with E-state index in [2.05, 4.69) is 20.3 Å². The molecule has 11 heteroatoms. The molecular formula is C18H18Cl2FN5O2S. The van der Waals surface area contributed by atoms with E-state index in [0.717, 1.165) is 0 Å². The molecule has 2 aliphatic rings. The highest BCUT2D eigenvalue weighted by Crippen LogP contribution is 2.46. The summed E-state index contributed by atoms with van der Waals surface area (Å²) in [6.45, 7) is 0.949. The Morgan fingerprint density at radius 3 is 2.90 bits per heavy atom. The predicted molar refractivity (Wildman–Crippen MR) is 113 cm³/mol. The molecule has 1 fully saturated rings. The molecule has 3 N–H and O–H groups in total. The van der Waals surface area contributed by atoms with Crippen LogP contribution in [0.3, 0.4) is 0 Å². The number of carbonyl (C=O) groups is 1. The Morgan fingerprint density at radius 1 is 1.38 bits per heavy atom. The minimum absolute atomic E-state index is 0. The number of nitrogens with zero attached hydrogens (tertiary/aromatic N) is 3. The normalized spacial score (nSPS) is 23.4. The smallest absolute Gasteiger partial charge is 0.293 e. The fourth-order valence-corrected chi connectivity index (χ4v) is 4.58. The number of fused-ring (bicyclic) bond motifs is 1. The minimum Gasteiger partial charge on any atom is -0.381 e. The highest BCUT2D eigenvalue weighted by molar-refractivity contribution is 8.13. The second-order valence-corrected chi connectivity index (χ2v) is 8.06. The van der Waals surface area contributed by atoms with E-state index in [-0.39, 0.29) is 24.1 Å². The number of hydrogen-bond donors (Lipinski definition) is 2. The number of anilines is 1. The Kier molecular flexibility index (Phi) is 6.62. The number of halogens is 3. The van der Waals surface area contributed by atoms with Gasteiger partial charge in [-0.2, -0.15) is 0 Å². The van der Waals surface area contributed by atoms with Crippen LogP contribution in [0.1, 0.15) is 22.6 Å². The molecule has 0 radical (unpaired) electrons. The van der Waals surface area contributed by atoms with Gasteiger partial charge in [-0.1, -0.05) is 23.4 Å². The molecule has 0 saturated carbocycles. The van der Waals surface area contributed by atoms with Crippen molar-refractivity contribution in [2.75, 3.05) is 24.3 Å². The third kappa shape index (κ3) is 4.32. The summed E-state index contributed by atoms with van der Waals surface area (Å²) in [6.07, 6.45) is 3.19. The lowest BCUT2D eigenvalue weighted by molar-refractivity contribution is 0.00886. The van der Waals surface area contributed by atoms with E-state index in [4.69, 9.17) is 22.1 Å². The molecule has 0 bridgehead atoms. The summed E-state index contributed by atoms with van der Waals surface area (Å²) in [4.78, 5) is 24.8. The van der Waals surface area contributed by atoms with Crippen molar-refractivity contribution in [2.24, 2.45) is 16.6 Å². The fourth-order valence-electron chi connectivity index (χ4n) is 3.51. The van der Waals surface area contributed by atoms with Crippen LogP contribution in [0.25, 0.3) is 0 Å². The van der Waals surface area contributed by atoms with Gasteiger partial charge in [-0.25, -0.2) is 14.4 Å². The van der Waals surface area contributed by atoms with Crippen LogP contribution in [0.15, 0.2) is 35.6 Å². The van der Waals surface area contributed by atoms with Gasteiger partial charge in [-0.15, -0.1) is 12.4 Å². The number of nitrogens with one attached hydrogen (secondary N) is 1. The van der Waals surface area contributed by atoms with E-state index in [1.165, 1.54) is 36.3 Å². The highest BCUT2D eigenvalue weighted by Gasteiger charge is 2.47. The third-order valence-electron chi connectivity index (χ3n) is 4.88. The topological polar surface area (TPSA) is 102 Å². The second kappa shape index (κ2) is 8.83. The zero-order valence-electron chi connectivity index (χ0n) is 15.1. The van der Waals surface area contributed by atoms with Gasteiger partial charge in [0.2, 0.25) is 5.82 Å². The molecule has 2 aromatic rings. The summed E-state index contributed by atoms with van der Waals surface area (Å²) in [5.74, 6) is -0.245. The summed E-state index contributed by atoms with van der Waals surface area (Å²) in [5.41, 5.74) is 6.00. The Morgan fingerprint density at radius 2 is 2.14 bits per heavy atom. The van der Waals surface area contributed by atoms with Gasteiger partial charge in [0.15, 0.2) is 5.17 Å². The number of carbonyl (C=O) groups excluding carboxylic acids is 1. The monoisotopic (exact) mass is 457 g/mol. The number of nitrogens with two attached hydrogens (primary N) is 1. The minimum atomic E-state index is -0.796.